The molecule has 6 heteroatoms. The summed E-state index contributed by atoms with van der Waals surface area (Å²) in [5.41, 5.74) is -0.258. The number of hydrogen-bond acceptors (Lipinski definition) is 6. The van der Waals surface area contributed by atoms with Crippen LogP contribution >= 0.6 is 11.3 Å². The quantitative estimate of drug-likeness (QED) is 0.792. The highest BCUT2D eigenvalue weighted by Gasteiger charge is 2.18. The third-order valence-electron chi connectivity index (χ3n) is 2.09. The minimum absolute atomic E-state index is 0.258. The number of rotatable bonds is 6. The Morgan fingerprint density at radius 1 is 1.59 bits per heavy atom. The second-order valence-corrected chi connectivity index (χ2v) is 5.10. The Hall–Kier alpha value is -1.14. The highest BCUT2D eigenvalue weighted by Crippen LogP contribution is 2.20. The van der Waals surface area contributed by atoms with Gasteiger partial charge >= 0.3 is 5.97 Å². The third kappa shape index (κ3) is 4.32. The fraction of sp³-hybridized carbons (Fsp3) is 0.636. The smallest absolute Gasteiger partial charge is 0.349 e. The number of thiazole rings is 1. The fourth-order valence-electron chi connectivity index (χ4n) is 1.28. The Morgan fingerprint density at radius 2 is 2.29 bits per heavy atom. The molecule has 5 nitrogen and oxygen atoms in total. The van der Waals surface area contributed by atoms with Gasteiger partial charge in [-0.25, -0.2) is 9.78 Å². The van der Waals surface area contributed by atoms with Gasteiger partial charge in [-0.3, -0.25) is 0 Å². The number of carbonyl (C=O) groups excluding carboxylic acids is 1. The van der Waals surface area contributed by atoms with Crippen molar-refractivity contribution in [3.05, 3.63) is 11.1 Å². The van der Waals surface area contributed by atoms with Gasteiger partial charge in [-0.2, -0.15) is 0 Å². The van der Waals surface area contributed by atoms with E-state index in [0.29, 0.717) is 23.2 Å². The minimum atomic E-state index is -0.361. The van der Waals surface area contributed by atoms with Crippen molar-refractivity contribution in [1.82, 2.24) is 4.98 Å². The third-order valence-corrected chi connectivity index (χ3v) is 3.03. The first-order valence-electron chi connectivity index (χ1n) is 5.40. The molecule has 0 radical (unpaired) electrons. The zero-order chi connectivity index (χ0) is 12.9. The molecule has 1 rings (SSSR count). The molecule has 1 aromatic heterocycles. The van der Waals surface area contributed by atoms with E-state index in [1.54, 1.807) is 0 Å². The number of methoxy groups -OCH3 is 1. The number of hydrogen-bond donors (Lipinski definition) is 1. The number of aromatic nitrogens is 1. The zero-order valence-corrected chi connectivity index (χ0v) is 11.4. The van der Waals surface area contributed by atoms with Crippen molar-refractivity contribution in [2.24, 2.45) is 0 Å². The van der Waals surface area contributed by atoms with Crippen LogP contribution in [0.1, 0.15) is 30.4 Å². The van der Waals surface area contributed by atoms with Crippen LogP contribution in [-0.2, 0) is 9.47 Å². The Bertz CT molecular complexity index is 377. The Kier molecular flexibility index (Phi) is 4.89. The summed E-state index contributed by atoms with van der Waals surface area (Å²) in [5, 5.41) is 3.84. The molecule has 96 valence electrons. The average Bonchev–Trinajstić information content (AvgIpc) is 2.74. The standard InChI is InChI=1S/C11H18N2O3S/c1-5-16-11(2,3)7-13-10-12-6-8(17-10)9(14)15-4/h6H,5,7H2,1-4H3,(H,12,13). The largest absolute Gasteiger partial charge is 0.465 e. The van der Waals surface area contributed by atoms with Crippen molar-refractivity contribution in [2.75, 3.05) is 25.6 Å². The summed E-state index contributed by atoms with van der Waals surface area (Å²) in [5.74, 6) is -0.361. The normalized spacial score (nSPS) is 11.3. The second kappa shape index (κ2) is 5.97. The van der Waals surface area contributed by atoms with E-state index in [9.17, 15) is 4.79 Å². The number of esters is 1. The Labute approximate surface area is 105 Å². The molecule has 1 aromatic rings. The highest BCUT2D eigenvalue weighted by molar-refractivity contribution is 7.17. The molecule has 0 saturated carbocycles. The van der Waals surface area contributed by atoms with Crippen LogP contribution in [0.4, 0.5) is 5.13 Å². The first-order chi connectivity index (χ1) is 7.98. The predicted octanol–water partition coefficient (Wildman–Crippen LogP) is 2.16. The maximum absolute atomic E-state index is 11.2. The Balaban J connectivity index is 2.53. The van der Waals surface area contributed by atoms with Crippen molar-refractivity contribution in [1.29, 1.82) is 0 Å². The lowest BCUT2D eigenvalue weighted by Crippen LogP contribution is -2.33. The molecule has 0 aliphatic heterocycles. The molecule has 0 fully saturated rings. The molecular formula is C11H18N2O3S. The molecule has 0 atom stereocenters. The van der Waals surface area contributed by atoms with E-state index in [2.05, 4.69) is 15.0 Å². The van der Waals surface area contributed by atoms with Crippen molar-refractivity contribution < 1.29 is 14.3 Å². The van der Waals surface area contributed by atoms with Gasteiger partial charge in [-0.05, 0) is 20.8 Å². The van der Waals surface area contributed by atoms with E-state index in [1.165, 1.54) is 24.6 Å². The molecule has 0 saturated heterocycles. The minimum Gasteiger partial charge on any atom is -0.465 e. The molecule has 17 heavy (non-hydrogen) atoms. The maximum Gasteiger partial charge on any atom is 0.349 e. The van der Waals surface area contributed by atoms with Crippen molar-refractivity contribution >= 4 is 22.4 Å². The van der Waals surface area contributed by atoms with Crippen LogP contribution in [0.3, 0.4) is 0 Å². The van der Waals surface area contributed by atoms with Gasteiger partial charge < -0.3 is 14.8 Å². The topological polar surface area (TPSA) is 60.5 Å². The average molecular weight is 258 g/mol. The first-order valence-corrected chi connectivity index (χ1v) is 6.22. The molecule has 1 heterocycles. The second-order valence-electron chi connectivity index (χ2n) is 4.07. The molecule has 0 bridgehead atoms. The lowest BCUT2D eigenvalue weighted by molar-refractivity contribution is 0.000691. The molecule has 0 spiro atoms. The van der Waals surface area contributed by atoms with E-state index in [-0.39, 0.29) is 11.6 Å². The summed E-state index contributed by atoms with van der Waals surface area (Å²) in [6, 6.07) is 0. The number of nitrogens with zero attached hydrogens (tertiary/aromatic N) is 1. The lowest BCUT2D eigenvalue weighted by atomic mass is 10.1. The van der Waals surface area contributed by atoms with E-state index < -0.39 is 0 Å². The van der Waals surface area contributed by atoms with Crippen molar-refractivity contribution in [3.8, 4) is 0 Å². The zero-order valence-electron chi connectivity index (χ0n) is 10.6. The van der Waals surface area contributed by atoms with Crippen molar-refractivity contribution in [2.45, 2.75) is 26.4 Å². The summed E-state index contributed by atoms with van der Waals surface area (Å²) in [6.07, 6.45) is 1.51. The van der Waals surface area contributed by atoms with Crippen LogP contribution < -0.4 is 5.32 Å². The van der Waals surface area contributed by atoms with E-state index in [4.69, 9.17) is 4.74 Å². The van der Waals surface area contributed by atoms with Crippen molar-refractivity contribution in [3.63, 3.8) is 0 Å². The molecule has 1 N–H and O–H groups in total. The van der Waals surface area contributed by atoms with Gasteiger partial charge in [0.05, 0.1) is 18.9 Å². The molecule has 0 aliphatic rings. The molecule has 0 aromatic carbocycles. The van der Waals surface area contributed by atoms with Crippen LogP contribution in [0.15, 0.2) is 6.20 Å². The van der Waals surface area contributed by atoms with Gasteiger partial charge in [0.2, 0.25) is 0 Å². The maximum atomic E-state index is 11.2. The predicted molar refractivity (Wildman–Crippen MR) is 67.6 cm³/mol. The lowest BCUT2D eigenvalue weighted by Gasteiger charge is -2.24. The molecule has 0 amide bonds. The van der Waals surface area contributed by atoms with E-state index >= 15 is 0 Å². The van der Waals surface area contributed by atoms with E-state index in [0.717, 1.165) is 0 Å². The molecular weight excluding hydrogens is 240 g/mol. The van der Waals surface area contributed by atoms with Gasteiger partial charge in [0, 0.05) is 13.2 Å². The van der Waals surface area contributed by atoms with Crippen LogP contribution in [0.25, 0.3) is 0 Å². The molecule has 0 aliphatic carbocycles. The van der Waals surface area contributed by atoms with Gasteiger partial charge in [-0.15, -0.1) is 0 Å². The summed E-state index contributed by atoms with van der Waals surface area (Å²) in [7, 11) is 1.35. The number of nitrogens with one attached hydrogen (secondary N) is 1. The summed E-state index contributed by atoms with van der Waals surface area (Å²) in [4.78, 5) is 15.8. The highest BCUT2D eigenvalue weighted by atomic mass is 32.1. The van der Waals surface area contributed by atoms with Crippen LogP contribution in [0, 0.1) is 0 Å². The number of anilines is 1. The van der Waals surface area contributed by atoms with Crippen LogP contribution in [0.2, 0.25) is 0 Å². The summed E-state index contributed by atoms with van der Waals surface area (Å²) >= 11 is 1.27. The SMILES string of the molecule is CCOC(C)(C)CNc1ncc(C(=O)OC)s1. The van der Waals surface area contributed by atoms with Gasteiger partial charge in [0.1, 0.15) is 4.88 Å². The number of carbonyl (C=O) groups is 1. The van der Waals surface area contributed by atoms with Gasteiger partial charge in [0.15, 0.2) is 5.13 Å². The fourth-order valence-corrected chi connectivity index (χ4v) is 2.01. The number of ether oxygens (including phenoxy) is 2. The first kappa shape index (κ1) is 13.9. The van der Waals surface area contributed by atoms with Crippen LogP contribution in [-0.4, -0.2) is 36.8 Å². The summed E-state index contributed by atoms with van der Waals surface area (Å²) in [6.45, 7) is 7.26. The molecule has 0 unspecified atom stereocenters. The monoisotopic (exact) mass is 258 g/mol. The van der Waals surface area contributed by atoms with Gasteiger partial charge in [0.25, 0.3) is 0 Å². The van der Waals surface area contributed by atoms with Gasteiger partial charge in [-0.1, -0.05) is 11.3 Å². The summed E-state index contributed by atoms with van der Waals surface area (Å²) < 4.78 is 10.2. The Morgan fingerprint density at radius 3 is 2.88 bits per heavy atom. The van der Waals surface area contributed by atoms with Crippen LogP contribution in [0.5, 0.6) is 0 Å². The van der Waals surface area contributed by atoms with E-state index in [1.807, 2.05) is 20.8 Å².